The summed E-state index contributed by atoms with van der Waals surface area (Å²) in [6.45, 7) is 4.69. The quantitative estimate of drug-likeness (QED) is 0.844. The molecule has 3 rings (SSSR count). The number of nitrogens with one attached hydrogen (secondary N) is 2. The Morgan fingerprint density at radius 1 is 1.55 bits per heavy atom. The van der Waals surface area contributed by atoms with Gasteiger partial charge in [-0.05, 0) is 30.2 Å². The standard InChI is InChI=1S/C15H24N4O/c1-3-15(4-5-15)10-17-14(20)13-8-16-7-12(13)11-6-18-19(2)9-11/h6,9,12-13,16H,3-5,7-8,10H2,1-2H3,(H,17,20)/t12-,13+/m1/s1. The predicted octanol–water partition coefficient (Wildman–Crippen LogP) is 1.03. The van der Waals surface area contributed by atoms with E-state index in [4.69, 9.17) is 0 Å². The lowest BCUT2D eigenvalue weighted by Crippen LogP contribution is -2.37. The zero-order valence-electron chi connectivity index (χ0n) is 12.4. The van der Waals surface area contributed by atoms with Gasteiger partial charge >= 0.3 is 0 Å². The summed E-state index contributed by atoms with van der Waals surface area (Å²) >= 11 is 0. The minimum Gasteiger partial charge on any atom is -0.355 e. The van der Waals surface area contributed by atoms with Crippen LogP contribution in [0.2, 0.25) is 0 Å². The van der Waals surface area contributed by atoms with Gasteiger partial charge in [0.05, 0.1) is 12.1 Å². The maximum absolute atomic E-state index is 12.4. The van der Waals surface area contributed by atoms with Crippen LogP contribution < -0.4 is 10.6 Å². The highest BCUT2D eigenvalue weighted by Crippen LogP contribution is 2.47. The summed E-state index contributed by atoms with van der Waals surface area (Å²) in [5.74, 6) is 0.482. The number of hydrogen-bond donors (Lipinski definition) is 2. The number of aromatic nitrogens is 2. The van der Waals surface area contributed by atoms with Crippen LogP contribution >= 0.6 is 0 Å². The molecule has 1 aliphatic carbocycles. The summed E-state index contributed by atoms with van der Waals surface area (Å²) < 4.78 is 1.80. The van der Waals surface area contributed by atoms with Gasteiger partial charge in [-0.1, -0.05) is 6.92 Å². The molecule has 1 aromatic heterocycles. The van der Waals surface area contributed by atoms with Gasteiger partial charge in [-0.25, -0.2) is 0 Å². The molecule has 110 valence electrons. The van der Waals surface area contributed by atoms with Gasteiger partial charge < -0.3 is 10.6 Å². The van der Waals surface area contributed by atoms with Crippen LogP contribution in [-0.2, 0) is 11.8 Å². The Morgan fingerprint density at radius 2 is 2.35 bits per heavy atom. The maximum atomic E-state index is 12.4. The van der Waals surface area contributed by atoms with Crippen molar-refractivity contribution in [2.45, 2.75) is 32.1 Å². The molecular formula is C15H24N4O. The second-order valence-corrected chi connectivity index (χ2v) is 6.39. The van der Waals surface area contributed by atoms with E-state index in [-0.39, 0.29) is 17.7 Å². The van der Waals surface area contributed by atoms with Gasteiger partial charge in [0.2, 0.25) is 5.91 Å². The summed E-state index contributed by atoms with van der Waals surface area (Å²) in [5.41, 5.74) is 1.57. The number of rotatable bonds is 5. The first kappa shape index (κ1) is 13.6. The topological polar surface area (TPSA) is 59.0 Å². The Hall–Kier alpha value is -1.36. The first-order chi connectivity index (χ1) is 9.63. The number of carbonyl (C=O) groups is 1. The summed E-state index contributed by atoms with van der Waals surface area (Å²) in [4.78, 5) is 12.4. The van der Waals surface area contributed by atoms with Crippen molar-refractivity contribution in [1.29, 1.82) is 0 Å². The maximum Gasteiger partial charge on any atom is 0.225 e. The first-order valence-electron chi connectivity index (χ1n) is 7.60. The van der Waals surface area contributed by atoms with E-state index in [1.807, 2.05) is 19.4 Å². The third-order valence-corrected chi connectivity index (χ3v) is 5.05. The molecule has 20 heavy (non-hydrogen) atoms. The highest BCUT2D eigenvalue weighted by atomic mass is 16.1. The van der Waals surface area contributed by atoms with Crippen molar-refractivity contribution in [2.24, 2.45) is 18.4 Å². The molecule has 0 radical (unpaired) electrons. The van der Waals surface area contributed by atoms with Crippen LogP contribution in [0.1, 0.15) is 37.7 Å². The molecule has 5 nitrogen and oxygen atoms in total. The lowest BCUT2D eigenvalue weighted by Gasteiger charge is -2.19. The molecule has 1 saturated carbocycles. The smallest absolute Gasteiger partial charge is 0.225 e. The molecule has 2 atom stereocenters. The Bertz CT molecular complexity index is 492. The fraction of sp³-hybridized carbons (Fsp3) is 0.733. The Balaban J connectivity index is 1.61. The van der Waals surface area contributed by atoms with E-state index in [1.165, 1.54) is 19.3 Å². The van der Waals surface area contributed by atoms with Crippen molar-refractivity contribution in [3.05, 3.63) is 18.0 Å². The highest BCUT2D eigenvalue weighted by Gasteiger charge is 2.42. The average Bonchev–Trinajstić information content (AvgIpc) is 2.85. The Labute approximate surface area is 120 Å². The fourth-order valence-electron chi connectivity index (χ4n) is 3.17. The van der Waals surface area contributed by atoms with E-state index >= 15 is 0 Å². The van der Waals surface area contributed by atoms with E-state index in [0.717, 1.165) is 25.2 Å². The van der Waals surface area contributed by atoms with Gasteiger partial charge in [0.25, 0.3) is 0 Å². The minimum absolute atomic E-state index is 0.0341. The second kappa shape index (κ2) is 5.20. The Kier molecular flexibility index (Phi) is 3.54. The predicted molar refractivity (Wildman–Crippen MR) is 77.3 cm³/mol. The Morgan fingerprint density at radius 3 is 2.95 bits per heavy atom. The van der Waals surface area contributed by atoms with Crippen molar-refractivity contribution in [1.82, 2.24) is 20.4 Å². The lowest BCUT2D eigenvalue weighted by molar-refractivity contribution is -0.125. The molecule has 2 N–H and O–H groups in total. The molecule has 2 aliphatic rings. The monoisotopic (exact) mass is 276 g/mol. The van der Waals surface area contributed by atoms with Crippen LogP contribution in [0.4, 0.5) is 0 Å². The van der Waals surface area contributed by atoms with Crippen LogP contribution in [0.25, 0.3) is 0 Å². The van der Waals surface area contributed by atoms with E-state index < -0.39 is 0 Å². The SMILES string of the molecule is CCC1(CNC(=O)[C@H]2CNC[C@@H]2c2cnn(C)c2)CC1. The largest absolute Gasteiger partial charge is 0.355 e. The third kappa shape index (κ3) is 2.59. The van der Waals surface area contributed by atoms with Gasteiger partial charge in [0.1, 0.15) is 0 Å². The molecule has 0 bridgehead atoms. The summed E-state index contributed by atoms with van der Waals surface area (Å²) in [7, 11) is 1.92. The fourth-order valence-corrected chi connectivity index (χ4v) is 3.17. The third-order valence-electron chi connectivity index (χ3n) is 5.05. The molecule has 1 amide bonds. The number of amides is 1. The molecule has 0 unspecified atom stereocenters. The van der Waals surface area contributed by atoms with E-state index in [0.29, 0.717) is 5.41 Å². The zero-order chi connectivity index (χ0) is 14.2. The molecule has 1 saturated heterocycles. The van der Waals surface area contributed by atoms with Gasteiger partial charge in [0.15, 0.2) is 0 Å². The zero-order valence-corrected chi connectivity index (χ0v) is 12.4. The van der Waals surface area contributed by atoms with Gasteiger partial charge in [0, 0.05) is 38.8 Å². The van der Waals surface area contributed by atoms with Crippen molar-refractivity contribution in [3.63, 3.8) is 0 Å². The minimum atomic E-state index is 0.0341. The molecular weight excluding hydrogens is 252 g/mol. The normalized spacial score (nSPS) is 27.5. The highest BCUT2D eigenvalue weighted by molar-refractivity contribution is 5.80. The van der Waals surface area contributed by atoms with Gasteiger partial charge in [-0.2, -0.15) is 5.10 Å². The molecule has 2 heterocycles. The molecule has 2 fully saturated rings. The molecule has 1 aromatic rings. The molecule has 0 aromatic carbocycles. The molecule has 1 aliphatic heterocycles. The summed E-state index contributed by atoms with van der Waals surface area (Å²) in [6, 6.07) is 0. The van der Waals surface area contributed by atoms with Gasteiger partial charge in [-0.3, -0.25) is 9.48 Å². The number of hydrogen-bond acceptors (Lipinski definition) is 3. The van der Waals surface area contributed by atoms with Crippen molar-refractivity contribution in [2.75, 3.05) is 19.6 Å². The van der Waals surface area contributed by atoms with Crippen LogP contribution in [0.5, 0.6) is 0 Å². The molecule has 0 spiro atoms. The number of nitrogens with zero attached hydrogens (tertiary/aromatic N) is 2. The van der Waals surface area contributed by atoms with E-state index in [1.54, 1.807) is 4.68 Å². The molecule has 5 heteroatoms. The van der Waals surface area contributed by atoms with E-state index in [2.05, 4.69) is 22.7 Å². The van der Waals surface area contributed by atoms with Gasteiger partial charge in [-0.15, -0.1) is 0 Å². The van der Waals surface area contributed by atoms with Crippen molar-refractivity contribution in [3.8, 4) is 0 Å². The number of carbonyl (C=O) groups excluding carboxylic acids is 1. The van der Waals surface area contributed by atoms with Crippen LogP contribution in [0, 0.1) is 11.3 Å². The van der Waals surface area contributed by atoms with Crippen molar-refractivity contribution < 1.29 is 4.79 Å². The van der Waals surface area contributed by atoms with Crippen LogP contribution in [0.3, 0.4) is 0 Å². The number of aryl methyl sites for hydroxylation is 1. The first-order valence-corrected chi connectivity index (χ1v) is 7.60. The summed E-state index contributed by atoms with van der Waals surface area (Å²) in [6.07, 6.45) is 7.60. The lowest BCUT2D eigenvalue weighted by atomic mass is 9.90. The van der Waals surface area contributed by atoms with E-state index in [9.17, 15) is 4.79 Å². The second-order valence-electron chi connectivity index (χ2n) is 6.39. The average molecular weight is 276 g/mol. The van der Waals surface area contributed by atoms with Crippen molar-refractivity contribution >= 4 is 5.91 Å². The summed E-state index contributed by atoms with van der Waals surface area (Å²) in [5, 5.41) is 10.7. The van der Waals surface area contributed by atoms with Crippen LogP contribution in [-0.4, -0.2) is 35.3 Å². The van der Waals surface area contributed by atoms with Crippen LogP contribution in [0.15, 0.2) is 12.4 Å².